The molecule has 0 amide bonds. The molecule has 0 aromatic carbocycles. The number of hydrogen-bond donors (Lipinski definition) is 2. The Morgan fingerprint density at radius 2 is 0.381 bits per heavy atom. The van der Waals surface area contributed by atoms with Gasteiger partial charge in [0.1, 0.15) is 0 Å². The minimum Gasteiger partial charge on any atom is -0.314 e. The lowest BCUT2D eigenvalue weighted by atomic mass is 10.4. The number of hydrogen-bond acceptors (Lipinski definition) is 20. The second-order valence-electron chi connectivity index (χ2n) is 6.37. The van der Waals surface area contributed by atoms with Crippen LogP contribution in [0.3, 0.4) is 0 Å². The molecule has 216 valence electrons. The normalized spacial score (nSPS) is 10.3. The maximum Gasteiger partial charge on any atom is 0.0529 e. The van der Waals surface area contributed by atoms with Crippen LogP contribution in [0.25, 0.3) is 0 Å². The predicted octanol–water partition coefficient (Wildman–Crippen LogP) is -1.59. The van der Waals surface area contributed by atoms with Gasteiger partial charge in [-0.15, -0.1) is 61.2 Å². The summed E-state index contributed by atoms with van der Waals surface area (Å²) < 4.78 is 0. The molecule has 20 nitrogen and oxygen atoms in total. The van der Waals surface area contributed by atoms with Crippen molar-refractivity contribution in [3.05, 3.63) is 111 Å². The van der Waals surface area contributed by atoms with Gasteiger partial charge in [-0.25, -0.2) is 0 Å². The fraction of sp³-hybridized carbons (Fsp3) is 0.182. The lowest BCUT2D eigenvalue weighted by molar-refractivity contribution is 0.534. The standard InChI is InChI=1S/C4H10N2.6C3H3N3/c1-2-6-4-3-5-1;6*1-2-4-6-5-3-1/h5-6H,1-4H2;6*1-3H. The van der Waals surface area contributed by atoms with Crippen LogP contribution in [0, 0.1) is 0 Å². The summed E-state index contributed by atoms with van der Waals surface area (Å²) in [6.07, 6.45) is 18.9. The summed E-state index contributed by atoms with van der Waals surface area (Å²) in [7, 11) is 0. The Balaban J connectivity index is 0.000000245. The zero-order chi connectivity index (χ0) is 29.7. The molecule has 7 rings (SSSR count). The van der Waals surface area contributed by atoms with E-state index in [1.807, 2.05) is 0 Å². The third-order valence-corrected chi connectivity index (χ3v) is 3.41. The van der Waals surface area contributed by atoms with E-state index >= 15 is 0 Å². The SMILES string of the molecule is C1CNCCN1.c1cnnnc1.c1cnnnc1.c1cnnnc1.c1cnnnc1.c1cnnnc1.c1cnnnc1. The first kappa shape index (κ1) is 34.0. The summed E-state index contributed by atoms with van der Waals surface area (Å²) >= 11 is 0. The third-order valence-electron chi connectivity index (χ3n) is 3.41. The van der Waals surface area contributed by atoms with Gasteiger partial charge in [0.2, 0.25) is 0 Å². The maximum absolute atomic E-state index is 3.42. The zero-order valence-electron chi connectivity index (χ0n) is 22.3. The van der Waals surface area contributed by atoms with Crippen LogP contribution in [0.5, 0.6) is 0 Å². The molecule has 0 spiro atoms. The predicted molar refractivity (Wildman–Crippen MR) is 145 cm³/mol. The van der Waals surface area contributed by atoms with E-state index in [-0.39, 0.29) is 0 Å². The van der Waals surface area contributed by atoms with Gasteiger partial charge in [-0.3, -0.25) is 0 Å². The van der Waals surface area contributed by atoms with Crippen molar-refractivity contribution in [3.8, 4) is 0 Å². The second kappa shape index (κ2) is 31.2. The number of piperazine rings is 1. The van der Waals surface area contributed by atoms with Crippen molar-refractivity contribution in [2.45, 2.75) is 0 Å². The van der Waals surface area contributed by atoms with Crippen molar-refractivity contribution in [2.24, 2.45) is 0 Å². The molecule has 0 bridgehead atoms. The van der Waals surface area contributed by atoms with Crippen LogP contribution < -0.4 is 10.6 Å². The lowest BCUT2D eigenvalue weighted by Crippen LogP contribution is -2.39. The van der Waals surface area contributed by atoms with Gasteiger partial charge in [0.05, 0.1) is 74.4 Å². The summed E-state index contributed by atoms with van der Waals surface area (Å²) in [4.78, 5) is 0. The van der Waals surface area contributed by atoms with Crippen LogP contribution in [0.15, 0.2) is 111 Å². The molecule has 6 aromatic heterocycles. The van der Waals surface area contributed by atoms with Crippen molar-refractivity contribution in [2.75, 3.05) is 26.2 Å². The van der Waals surface area contributed by atoms with Crippen LogP contribution in [-0.4, -0.2) is 119 Å². The molecule has 0 saturated carbocycles. The topological polar surface area (TPSA) is 256 Å². The smallest absolute Gasteiger partial charge is 0.0529 e. The highest BCUT2D eigenvalue weighted by molar-refractivity contribution is 4.72. The summed E-state index contributed by atoms with van der Waals surface area (Å²) in [6, 6.07) is 10.3. The van der Waals surface area contributed by atoms with E-state index in [0.29, 0.717) is 0 Å². The molecule has 42 heavy (non-hydrogen) atoms. The van der Waals surface area contributed by atoms with E-state index in [1.165, 1.54) is 0 Å². The first-order chi connectivity index (χ1) is 21.0. The Morgan fingerprint density at radius 3 is 0.429 bits per heavy atom. The first-order valence-corrected chi connectivity index (χ1v) is 11.9. The van der Waals surface area contributed by atoms with Gasteiger partial charge in [0, 0.05) is 26.2 Å². The van der Waals surface area contributed by atoms with Crippen molar-refractivity contribution < 1.29 is 0 Å². The van der Waals surface area contributed by atoms with Crippen LogP contribution in [0.2, 0.25) is 0 Å². The van der Waals surface area contributed by atoms with E-state index in [1.54, 1.807) is 111 Å². The summed E-state index contributed by atoms with van der Waals surface area (Å²) in [5.41, 5.74) is 0. The number of rotatable bonds is 0. The molecule has 1 fully saturated rings. The van der Waals surface area contributed by atoms with E-state index in [9.17, 15) is 0 Å². The Kier molecular flexibility index (Phi) is 25.3. The molecule has 0 aliphatic carbocycles. The highest BCUT2D eigenvalue weighted by atomic mass is 15.3. The van der Waals surface area contributed by atoms with Gasteiger partial charge < -0.3 is 10.6 Å². The van der Waals surface area contributed by atoms with Crippen LogP contribution in [0.4, 0.5) is 0 Å². The Hall–Kier alpha value is -6.02. The maximum atomic E-state index is 3.42. The molecular weight excluding hydrogens is 544 g/mol. The molecule has 0 atom stereocenters. The van der Waals surface area contributed by atoms with Crippen molar-refractivity contribution >= 4 is 0 Å². The molecule has 20 heteroatoms. The van der Waals surface area contributed by atoms with Gasteiger partial charge in [0.25, 0.3) is 0 Å². The summed E-state index contributed by atoms with van der Waals surface area (Å²) in [5, 5.41) is 67.2. The highest BCUT2D eigenvalue weighted by Gasteiger charge is 1.91. The van der Waals surface area contributed by atoms with Gasteiger partial charge in [-0.1, -0.05) is 0 Å². The quantitative estimate of drug-likeness (QED) is 0.208. The minimum atomic E-state index is 1.14. The molecule has 1 saturated heterocycles. The summed E-state index contributed by atoms with van der Waals surface area (Å²) in [6.45, 7) is 4.56. The Morgan fingerprint density at radius 1 is 0.238 bits per heavy atom. The zero-order valence-corrected chi connectivity index (χ0v) is 22.3. The van der Waals surface area contributed by atoms with E-state index in [0.717, 1.165) is 26.2 Å². The van der Waals surface area contributed by atoms with Gasteiger partial charge >= 0.3 is 0 Å². The van der Waals surface area contributed by atoms with Crippen LogP contribution in [0.1, 0.15) is 0 Å². The highest BCUT2D eigenvalue weighted by Crippen LogP contribution is 1.66. The number of nitrogens with zero attached hydrogens (tertiary/aromatic N) is 18. The van der Waals surface area contributed by atoms with E-state index in [4.69, 9.17) is 0 Å². The Bertz CT molecular complexity index is 799. The fourth-order valence-electron chi connectivity index (χ4n) is 1.83. The van der Waals surface area contributed by atoms with Gasteiger partial charge in [0.15, 0.2) is 0 Å². The average Bonchev–Trinajstić information content (AvgIpc) is 3.15. The monoisotopic (exact) mass is 572 g/mol. The minimum absolute atomic E-state index is 1.14. The molecule has 7 heterocycles. The van der Waals surface area contributed by atoms with Gasteiger partial charge in [-0.2, -0.15) is 0 Å². The lowest BCUT2D eigenvalue weighted by Gasteiger charge is -2.11. The third kappa shape index (κ3) is 28.5. The van der Waals surface area contributed by atoms with Crippen molar-refractivity contribution in [1.82, 2.24) is 103 Å². The first-order valence-electron chi connectivity index (χ1n) is 11.9. The average molecular weight is 573 g/mol. The fourth-order valence-corrected chi connectivity index (χ4v) is 1.83. The Labute approximate surface area is 240 Å². The second-order valence-corrected chi connectivity index (χ2v) is 6.37. The largest absolute Gasteiger partial charge is 0.314 e. The van der Waals surface area contributed by atoms with Crippen molar-refractivity contribution in [3.63, 3.8) is 0 Å². The number of aromatic nitrogens is 18. The van der Waals surface area contributed by atoms with E-state index in [2.05, 4.69) is 103 Å². The molecule has 2 N–H and O–H groups in total. The molecule has 1 aliphatic heterocycles. The molecule has 0 unspecified atom stereocenters. The van der Waals surface area contributed by atoms with Crippen molar-refractivity contribution in [1.29, 1.82) is 0 Å². The molecule has 6 aromatic rings. The molecular formula is C22H28N20. The van der Waals surface area contributed by atoms with Crippen LogP contribution in [-0.2, 0) is 0 Å². The number of nitrogens with one attached hydrogen (secondary N) is 2. The van der Waals surface area contributed by atoms with E-state index < -0.39 is 0 Å². The van der Waals surface area contributed by atoms with Crippen LogP contribution >= 0.6 is 0 Å². The van der Waals surface area contributed by atoms with Gasteiger partial charge in [-0.05, 0) is 67.7 Å². The summed E-state index contributed by atoms with van der Waals surface area (Å²) in [5.74, 6) is 0. The molecule has 0 radical (unpaired) electrons. The molecule has 1 aliphatic rings.